The van der Waals surface area contributed by atoms with E-state index in [1.165, 1.54) is 16.7 Å². The number of carbonyl (C=O) groups is 1. The second-order valence-corrected chi connectivity index (χ2v) is 6.68. The van der Waals surface area contributed by atoms with Crippen molar-refractivity contribution >= 4 is 11.9 Å². The van der Waals surface area contributed by atoms with Gasteiger partial charge in [-0.25, -0.2) is 0 Å². The van der Waals surface area contributed by atoms with Gasteiger partial charge in [-0.2, -0.15) is 0 Å². The van der Waals surface area contributed by atoms with Crippen molar-refractivity contribution in [2.45, 2.75) is 33.2 Å². The van der Waals surface area contributed by atoms with Gasteiger partial charge in [-0.3, -0.25) is 9.79 Å². The fourth-order valence-electron chi connectivity index (χ4n) is 2.94. The van der Waals surface area contributed by atoms with Gasteiger partial charge >= 0.3 is 0 Å². The van der Waals surface area contributed by atoms with Crippen LogP contribution in [-0.2, 0) is 17.8 Å². The summed E-state index contributed by atoms with van der Waals surface area (Å²) in [5, 5.41) is 9.41. The van der Waals surface area contributed by atoms with Gasteiger partial charge in [0.1, 0.15) is 0 Å². The fraction of sp³-hybridized carbons (Fsp3) is 0.364. The Hall–Kier alpha value is -2.82. The Morgan fingerprint density at radius 2 is 1.56 bits per heavy atom. The first-order valence-electron chi connectivity index (χ1n) is 9.39. The van der Waals surface area contributed by atoms with E-state index < -0.39 is 0 Å². The number of rotatable bonds is 8. The van der Waals surface area contributed by atoms with Crippen molar-refractivity contribution < 1.29 is 4.79 Å². The van der Waals surface area contributed by atoms with Crippen LogP contribution in [0.15, 0.2) is 53.5 Å². The SMILES string of the molecule is CN=C(NCCC(=O)NCc1ccccc1)NCCc1cc(C)cc(C)c1. The molecule has 0 atom stereocenters. The maximum absolute atomic E-state index is 11.9. The molecule has 2 aromatic carbocycles. The summed E-state index contributed by atoms with van der Waals surface area (Å²) in [7, 11) is 1.74. The number of aryl methyl sites for hydroxylation is 2. The number of nitrogens with zero attached hydrogens (tertiary/aromatic N) is 1. The third kappa shape index (κ3) is 7.94. The van der Waals surface area contributed by atoms with Crippen LogP contribution in [0.1, 0.15) is 28.7 Å². The lowest BCUT2D eigenvalue weighted by Crippen LogP contribution is -2.40. The predicted molar refractivity (Wildman–Crippen MR) is 112 cm³/mol. The van der Waals surface area contributed by atoms with E-state index in [1.54, 1.807) is 7.05 Å². The minimum absolute atomic E-state index is 0.0250. The number of hydrogen-bond donors (Lipinski definition) is 3. The molecule has 0 saturated carbocycles. The van der Waals surface area contributed by atoms with E-state index in [1.807, 2.05) is 30.3 Å². The van der Waals surface area contributed by atoms with E-state index >= 15 is 0 Å². The first-order valence-corrected chi connectivity index (χ1v) is 9.39. The van der Waals surface area contributed by atoms with Crippen LogP contribution in [0.3, 0.4) is 0 Å². The van der Waals surface area contributed by atoms with Gasteiger partial charge in [0.2, 0.25) is 5.91 Å². The molecule has 2 rings (SSSR count). The molecule has 0 fully saturated rings. The third-order valence-corrected chi connectivity index (χ3v) is 4.19. The van der Waals surface area contributed by atoms with Gasteiger partial charge in [0, 0.05) is 33.1 Å². The molecule has 0 aliphatic carbocycles. The van der Waals surface area contributed by atoms with Crippen LogP contribution in [0.5, 0.6) is 0 Å². The van der Waals surface area contributed by atoms with Gasteiger partial charge in [0.25, 0.3) is 0 Å². The smallest absolute Gasteiger partial charge is 0.222 e. The summed E-state index contributed by atoms with van der Waals surface area (Å²) in [6.07, 6.45) is 1.34. The number of amides is 1. The molecule has 27 heavy (non-hydrogen) atoms. The highest BCUT2D eigenvalue weighted by atomic mass is 16.1. The lowest BCUT2D eigenvalue weighted by atomic mass is 10.1. The highest BCUT2D eigenvalue weighted by molar-refractivity contribution is 5.81. The molecule has 3 N–H and O–H groups in total. The van der Waals surface area contributed by atoms with Crippen LogP contribution in [0.4, 0.5) is 0 Å². The second kappa shape index (κ2) is 11.0. The maximum Gasteiger partial charge on any atom is 0.222 e. The minimum Gasteiger partial charge on any atom is -0.356 e. The quantitative estimate of drug-likeness (QED) is 0.497. The molecule has 144 valence electrons. The predicted octanol–water partition coefficient (Wildman–Crippen LogP) is 2.72. The van der Waals surface area contributed by atoms with Crippen molar-refractivity contribution in [2.75, 3.05) is 20.1 Å². The number of benzene rings is 2. The molecule has 0 bridgehead atoms. The summed E-state index contributed by atoms with van der Waals surface area (Å²) in [6, 6.07) is 16.5. The number of nitrogens with one attached hydrogen (secondary N) is 3. The maximum atomic E-state index is 11.9. The molecule has 5 heteroatoms. The highest BCUT2D eigenvalue weighted by Gasteiger charge is 2.03. The van der Waals surface area contributed by atoms with E-state index in [9.17, 15) is 4.79 Å². The van der Waals surface area contributed by atoms with Gasteiger partial charge in [-0.05, 0) is 31.4 Å². The van der Waals surface area contributed by atoms with E-state index in [4.69, 9.17) is 0 Å². The van der Waals surface area contributed by atoms with Crippen molar-refractivity contribution in [2.24, 2.45) is 4.99 Å². The number of carbonyl (C=O) groups excluding carboxylic acids is 1. The van der Waals surface area contributed by atoms with E-state index in [2.05, 4.69) is 53.0 Å². The number of hydrogen-bond acceptors (Lipinski definition) is 2. The summed E-state index contributed by atoms with van der Waals surface area (Å²) < 4.78 is 0. The Morgan fingerprint density at radius 1 is 0.889 bits per heavy atom. The monoisotopic (exact) mass is 366 g/mol. The van der Waals surface area contributed by atoms with Crippen molar-refractivity contribution in [1.82, 2.24) is 16.0 Å². The molecule has 5 nitrogen and oxygen atoms in total. The van der Waals surface area contributed by atoms with E-state index in [0.717, 1.165) is 24.5 Å². The van der Waals surface area contributed by atoms with Crippen LogP contribution >= 0.6 is 0 Å². The van der Waals surface area contributed by atoms with Gasteiger partial charge in [-0.1, -0.05) is 59.7 Å². The minimum atomic E-state index is 0.0250. The van der Waals surface area contributed by atoms with Crippen LogP contribution in [0, 0.1) is 13.8 Å². The Labute approximate surface area is 162 Å². The van der Waals surface area contributed by atoms with Gasteiger partial charge in [-0.15, -0.1) is 0 Å². The van der Waals surface area contributed by atoms with Crippen molar-refractivity contribution in [1.29, 1.82) is 0 Å². The van der Waals surface area contributed by atoms with Crippen molar-refractivity contribution in [3.63, 3.8) is 0 Å². The molecule has 0 aliphatic heterocycles. The molecule has 1 amide bonds. The molecule has 0 aliphatic rings. The van der Waals surface area contributed by atoms with E-state index in [0.29, 0.717) is 19.5 Å². The highest BCUT2D eigenvalue weighted by Crippen LogP contribution is 2.08. The third-order valence-electron chi connectivity index (χ3n) is 4.19. The lowest BCUT2D eigenvalue weighted by molar-refractivity contribution is -0.121. The summed E-state index contributed by atoms with van der Waals surface area (Å²) in [5.41, 5.74) is 4.99. The Morgan fingerprint density at radius 3 is 2.22 bits per heavy atom. The van der Waals surface area contributed by atoms with Crippen LogP contribution in [0.25, 0.3) is 0 Å². The largest absolute Gasteiger partial charge is 0.356 e. The molecular formula is C22H30N4O. The number of guanidine groups is 1. The molecular weight excluding hydrogens is 336 g/mol. The zero-order chi connectivity index (χ0) is 19.5. The average Bonchev–Trinajstić information content (AvgIpc) is 2.65. The lowest BCUT2D eigenvalue weighted by Gasteiger charge is -2.12. The normalized spacial score (nSPS) is 11.1. The molecule has 2 aromatic rings. The summed E-state index contributed by atoms with van der Waals surface area (Å²) in [6.45, 7) is 6.13. The Bertz CT molecular complexity index is 736. The summed E-state index contributed by atoms with van der Waals surface area (Å²) in [4.78, 5) is 16.1. The van der Waals surface area contributed by atoms with Crippen LogP contribution in [0.2, 0.25) is 0 Å². The van der Waals surface area contributed by atoms with Gasteiger partial charge < -0.3 is 16.0 Å². The molecule has 0 radical (unpaired) electrons. The number of aliphatic imine (C=N–C) groups is 1. The first kappa shape index (κ1) is 20.5. The van der Waals surface area contributed by atoms with Gasteiger partial charge in [0.05, 0.1) is 0 Å². The van der Waals surface area contributed by atoms with Crippen LogP contribution < -0.4 is 16.0 Å². The van der Waals surface area contributed by atoms with Gasteiger partial charge in [0.15, 0.2) is 5.96 Å². The molecule has 0 heterocycles. The second-order valence-electron chi connectivity index (χ2n) is 6.68. The van der Waals surface area contributed by atoms with Crippen molar-refractivity contribution in [3.8, 4) is 0 Å². The topological polar surface area (TPSA) is 65.5 Å². The fourth-order valence-corrected chi connectivity index (χ4v) is 2.94. The molecule has 0 aromatic heterocycles. The Kier molecular flexibility index (Phi) is 8.36. The van der Waals surface area contributed by atoms with E-state index in [-0.39, 0.29) is 5.91 Å². The molecule has 0 unspecified atom stereocenters. The van der Waals surface area contributed by atoms with Crippen molar-refractivity contribution in [3.05, 3.63) is 70.8 Å². The summed E-state index contributed by atoms with van der Waals surface area (Å²) >= 11 is 0. The molecule has 0 saturated heterocycles. The standard InChI is InChI=1S/C22H30N4O/c1-17-13-18(2)15-20(14-17)9-11-24-22(23-3)25-12-10-21(27)26-16-19-7-5-4-6-8-19/h4-8,13-15H,9-12,16H2,1-3H3,(H,26,27)(H2,23,24,25). The molecule has 0 spiro atoms. The Balaban J connectivity index is 1.64. The first-order chi connectivity index (χ1) is 13.1. The summed E-state index contributed by atoms with van der Waals surface area (Å²) in [5.74, 6) is 0.743. The zero-order valence-corrected chi connectivity index (χ0v) is 16.5. The van der Waals surface area contributed by atoms with Crippen LogP contribution in [-0.4, -0.2) is 32.0 Å². The average molecular weight is 367 g/mol. The zero-order valence-electron chi connectivity index (χ0n) is 16.5.